The number of carbonyl (C=O) groups is 3. The van der Waals surface area contributed by atoms with E-state index in [1.807, 2.05) is 31.2 Å². The Morgan fingerprint density at radius 1 is 1.29 bits per heavy atom. The largest absolute Gasteiger partial charge is 0.377 e. The van der Waals surface area contributed by atoms with Crippen molar-refractivity contribution in [2.75, 3.05) is 25.5 Å². The molecular formula is C21H27N3O4. The maximum absolute atomic E-state index is 12.9. The van der Waals surface area contributed by atoms with Gasteiger partial charge in [0, 0.05) is 37.7 Å². The number of ether oxygens (including phenoxy) is 1. The van der Waals surface area contributed by atoms with Gasteiger partial charge in [0.15, 0.2) is 0 Å². The highest BCUT2D eigenvalue weighted by atomic mass is 16.5. The number of benzene rings is 1. The molecule has 1 saturated carbocycles. The van der Waals surface area contributed by atoms with E-state index >= 15 is 0 Å². The first kappa shape index (κ1) is 18.9. The van der Waals surface area contributed by atoms with Gasteiger partial charge in [-0.3, -0.25) is 14.4 Å². The van der Waals surface area contributed by atoms with Gasteiger partial charge in [0.05, 0.1) is 18.1 Å². The Kier molecular flexibility index (Phi) is 4.87. The molecule has 28 heavy (non-hydrogen) atoms. The number of para-hydroxylation sites is 1. The molecule has 2 N–H and O–H groups in total. The third-order valence-corrected chi connectivity index (χ3v) is 6.54. The monoisotopic (exact) mass is 385 g/mol. The van der Waals surface area contributed by atoms with Crippen molar-refractivity contribution in [3.05, 3.63) is 29.8 Å². The smallest absolute Gasteiger partial charge is 0.232 e. The number of likely N-dealkylation sites (tertiary alicyclic amines) is 1. The van der Waals surface area contributed by atoms with Crippen LogP contribution < -0.4 is 10.6 Å². The van der Waals surface area contributed by atoms with Gasteiger partial charge in [-0.15, -0.1) is 0 Å². The van der Waals surface area contributed by atoms with Crippen LogP contribution in [-0.2, 0) is 19.1 Å². The lowest BCUT2D eigenvalue weighted by Gasteiger charge is -2.21. The van der Waals surface area contributed by atoms with E-state index in [1.54, 1.807) is 12.0 Å². The molecule has 1 aromatic rings. The molecule has 3 atom stereocenters. The van der Waals surface area contributed by atoms with Crippen LogP contribution in [0.2, 0.25) is 0 Å². The predicted octanol–water partition coefficient (Wildman–Crippen LogP) is 1.64. The van der Waals surface area contributed by atoms with Crippen molar-refractivity contribution in [1.29, 1.82) is 0 Å². The number of hydrogen-bond acceptors (Lipinski definition) is 4. The van der Waals surface area contributed by atoms with Crippen molar-refractivity contribution < 1.29 is 19.1 Å². The van der Waals surface area contributed by atoms with Gasteiger partial charge in [-0.1, -0.05) is 25.1 Å². The SMILES string of the molecule is CCC1(C(=O)N[C@@H]2CN(C(=O)CC3C(=O)Nc4ccccc43)C[C@H]2OC)CC1. The van der Waals surface area contributed by atoms with E-state index in [4.69, 9.17) is 4.74 Å². The van der Waals surface area contributed by atoms with E-state index < -0.39 is 5.92 Å². The molecule has 0 aromatic heterocycles. The third-order valence-electron chi connectivity index (χ3n) is 6.54. The van der Waals surface area contributed by atoms with Crippen LogP contribution in [0.15, 0.2) is 24.3 Å². The third kappa shape index (κ3) is 3.28. The van der Waals surface area contributed by atoms with Crippen LogP contribution in [0.1, 0.15) is 44.1 Å². The van der Waals surface area contributed by atoms with Crippen LogP contribution in [-0.4, -0.2) is 55.0 Å². The molecule has 0 radical (unpaired) electrons. The van der Waals surface area contributed by atoms with E-state index in [9.17, 15) is 14.4 Å². The molecule has 1 saturated heterocycles. The second kappa shape index (κ2) is 7.20. The van der Waals surface area contributed by atoms with Gasteiger partial charge >= 0.3 is 0 Å². The molecule has 2 aliphatic heterocycles. The fourth-order valence-corrected chi connectivity index (χ4v) is 4.35. The van der Waals surface area contributed by atoms with Gasteiger partial charge in [0.1, 0.15) is 0 Å². The Hall–Kier alpha value is -2.41. The molecule has 3 amide bonds. The molecule has 2 fully saturated rings. The number of nitrogens with zero attached hydrogens (tertiary/aromatic N) is 1. The summed E-state index contributed by atoms with van der Waals surface area (Å²) in [7, 11) is 1.60. The maximum Gasteiger partial charge on any atom is 0.232 e. The van der Waals surface area contributed by atoms with Gasteiger partial charge in [-0.25, -0.2) is 0 Å². The highest BCUT2D eigenvalue weighted by Crippen LogP contribution is 2.49. The first-order chi connectivity index (χ1) is 13.5. The predicted molar refractivity (Wildman–Crippen MR) is 104 cm³/mol. The number of carbonyl (C=O) groups excluding carboxylic acids is 3. The first-order valence-electron chi connectivity index (χ1n) is 9.99. The lowest BCUT2D eigenvalue weighted by molar-refractivity contribution is -0.133. The lowest BCUT2D eigenvalue weighted by Crippen LogP contribution is -2.46. The van der Waals surface area contributed by atoms with Gasteiger partial charge in [0.2, 0.25) is 17.7 Å². The zero-order valence-electron chi connectivity index (χ0n) is 16.4. The molecule has 4 rings (SSSR count). The van der Waals surface area contributed by atoms with Crippen LogP contribution in [0.25, 0.3) is 0 Å². The average molecular weight is 385 g/mol. The van der Waals surface area contributed by atoms with E-state index in [0.717, 1.165) is 30.5 Å². The second-order valence-corrected chi connectivity index (χ2v) is 8.12. The number of rotatable bonds is 6. The molecule has 7 nitrogen and oxygen atoms in total. The van der Waals surface area contributed by atoms with Crippen LogP contribution in [0, 0.1) is 5.41 Å². The van der Waals surface area contributed by atoms with Crippen LogP contribution in [0.5, 0.6) is 0 Å². The Labute approximate surface area is 164 Å². The lowest BCUT2D eigenvalue weighted by atomic mass is 9.97. The molecule has 2 heterocycles. The highest BCUT2D eigenvalue weighted by molar-refractivity contribution is 6.04. The molecule has 0 bridgehead atoms. The minimum Gasteiger partial charge on any atom is -0.377 e. The van der Waals surface area contributed by atoms with Crippen molar-refractivity contribution >= 4 is 23.4 Å². The van der Waals surface area contributed by atoms with E-state index in [1.165, 1.54) is 0 Å². The Bertz CT molecular complexity index is 805. The summed E-state index contributed by atoms with van der Waals surface area (Å²) in [5, 5.41) is 5.94. The van der Waals surface area contributed by atoms with Gasteiger partial charge in [-0.05, 0) is 30.9 Å². The van der Waals surface area contributed by atoms with Crippen molar-refractivity contribution in [2.24, 2.45) is 5.41 Å². The number of amides is 3. The minimum atomic E-state index is -0.465. The quantitative estimate of drug-likeness (QED) is 0.779. The molecule has 1 aromatic carbocycles. The first-order valence-corrected chi connectivity index (χ1v) is 9.99. The molecule has 0 spiro atoms. The number of anilines is 1. The summed E-state index contributed by atoms with van der Waals surface area (Å²) in [5.74, 6) is -0.624. The van der Waals surface area contributed by atoms with Crippen molar-refractivity contribution in [2.45, 2.75) is 50.7 Å². The fourth-order valence-electron chi connectivity index (χ4n) is 4.35. The Morgan fingerprint density at radius 2 is 2.04 bits per heavy atom. The highest BCUT2D eigenvalue weighted by Gasteiger charge is 2.49. The number of methoxy groups -OCH3 is 1. The van der Waals surface area contributed by atoms with E-state index in [-0.39, 0.29) is 41.7 Å². The normalized spacial score (nSPS) is 27.3. The van der Waals surface area contributed by atoms with Gasteiger partial charge in [-0.2, -0.15) is 0 Å². The van der Waals surface area contributed by atoms with Gasteiger partial charge in [0.25, 0.3) is 0 Å². The van der Waals surface area contributed by atoms with Crippen molar-refractivity contribution in [3.8, 4) is 0 Å². The summed E-state index contributed by atoms with van der Waals surface area (Å²) in [6.45, 7) is 2.88. The standard InChI is InChI=1S/C21H27N3O4/c1-3-21(8-9-21)20(27)23-16-11-24(12-17(16)28-2)18(25)10-14-13-6-4-5-7-15(13)22-19(14)26/h4-7,14,16-17H,3,8-12H2,1-2H3,(H,22,26)(H,23,27)/t14?,16-,17-/m1/s1. The fraction of sp³-hybridized carbons (Fsp3) is 0.571. The summed E-state index contributed by atoms with van der Waals surface area (Å²) in [6, 6.07) is 7.26. The zero-order chi connectivity index (χ0) is 19.9. The molecule has 3 aliphatic rings. The Morgan fingerprint density at radius 3 is 2.71 bits per heavy atom. The number of nitrogens with one attached hydrogen (secondary N) is 2. The maximum atomic E-state index is 12.9. The van der Waals surface area contributed by atoms with Crippen molar-refractivity contribution in [1.82, 2.24) is 10.2 Å². The van der Waals surface area contributed by atoms with Crippen LogP contribution >= 0.6 is 0 Å². The summed E-state index contributed by atoms with van der Waals surface area (Å²) in [4.78, 5) is 39.5. The summed E-state index contributed by atoms with van der Waals surface area (Å²) in [6.07, 6.45) is 2.59. The zero-order valence-corrected chi connectivity index (χ0v) is 16.4. The molecular weight excluding hydrogens is 358 g/mol. The molecule has 1 unspecified atom stereocenters. The summed E-state index contributed by atoms with van der Waals surface area (Å²) < 4.78 is 5.53. The van der Waals surface area contributed by atoms with E-state index in [0.29, 0.717) is 13.1 Å². The average Bonchev–Trinajstić information content (AvgIpc) is 3.31. The minimum absolute atomic E-state index is 0.0699. The Balaban J connectivity index is 1.40. The van der Waals surface area contributed by atoms with Gasteiger partial charge < -0.3 is 20.3 Å². The second-order valence-electron chi connectivity index (χ2n) is 8.12. The molecule has 1 aliphatic carbocycles. The molecule has 150 valence electrons. The number of fused-ring (bicyclic) bond motifs is 1. The summed E-state index contributed by atoms with van der Waals surface area (Å²) >= 11 is 0. The molecule has 7 heteroatoms. The summed E-state index contributed by atoms with van der Waals surface area (Å²) in [5.41, 5.74) is 1.43. The number of hydrogen-bond donors (Lipinski definition) is 2. The topological polar surface area (TPSA) is 87.7 Å². The van der Waals surface area contributed by atoms with Crippen LogP contribution in [0.3, 0.4) is 0 Å². The van der Waals surface area contributed by atoms with E-state index in [2.05, 4.69) is 10.6 Å². The van der Waals surface area contributed by atoms with Crippen molar-refractivity contribution in [3.63, 3.8) is 0 Å². The van der Waals surface area contributed by atoms with Crippen LogP contribution in [0.4, 0.5) is 5.69 Å².